The molecule has 32 heavy (non-hydrogen) atoms. The van der Waals surface area contributed by atoms with Gasteiger partial charge in [0.1, 0.15) is 18.9 Å². The van der Waals surface area contributed by atoms with Crippen molar-refractivity contribution in [1.29, 1.82) is 0 Å². The highest BCUT2D eigenvalue weighted by molar-refractivity contribution is 5.94. The first-order valence-corrected chi connectivity index (χ1v) is 10.5. The summed E-state index contributed by atoms with van der Waals surface area (Å²) in [6.45, 7) is 3.03. The maximum Gasteiger partial charge on any atom is 0.270 e. The van der Waals surface area contributed by atoms with Gasteiger partial charge in [0.05, 0.1) is 17.6 Å². The number of likely N-dealkylation sites (N-methyl/N-ethyl adjacent to an activating group) is 1. The molecule has 2 aromatic carbocycles. The molecule has 9 heteroatoms. The third-order valence-electron chi connectivity index (χ3n) is 5.14. The lowest BCUT2D eigenvalue weighted by atomic mass is 10.2. The van der Waals surface area contributed by atoms with Crippen LogP contribution in [-0.4, -0.2) is 53.0 Å². The minimum Gasteiger partial charge on any atom is -0.486 e. The summed E-state index contributed by atoms with van der Waals surface area (Å²) >= 11 is 0. The average Bonchev–Trinajstić information content (AvgIpc) is 2.81. The van der Waals surface area contributed by atoms with Crippen molar-refractivity contribution in [3.05, 3.63) is 58.5 Å². The molecule has 2 heterocycles. The van der Waals surface area contributed by atoms with E-state index in [1.54, 1.807) is 37.3 Å². The molecule has 0 bridgehead atoms. The second-order valence-electron chi connectivity index (χ2n) is 7.34. The number of anilines is 1. The van der Waals surface area contributed by atoms with E-state index in [4.69, 9.17) is 9.47 Å². The number of aryl methyl sites for hydroxylation is 1. The summed E-state index contributed by atoms with van der Waals surface area (Å²) in [7, 11) is 0. The first-order chi connectivity index (χ1) is 15.5. The van der Waals surface area contributed by atoms with Crippen molar-refractivity contribution in [1.82, 2.24) is 14.9 Å². The number of nitrogens with one attached hydrogen (secondary N) is 2. The zero-order chi connectivity index (χ0) is 22.5. The summed E-state index contributed by atoms with van der Waals surface area (Å²) < 4.78 is 11.0. The van der Waals surface area contributed by atoms with Gasteiger partial charge in [-0.1, -0.05) is 12.1 Å². The predicted octanol–water partition coefficient (Wildman–Crippen LogP) is 2.11. The highest BCUT2D eigenvalue weighted by atomic mass is 16.6. The molecule has 1 aliphatic rings. The van der Waals surface area contributed by atoms with Crippen molar-refractivity contribution >= 4 is 28.5 Å². The van der Waals surface area contributed by atoms with Gasteiger partial charge < -0.3 is 24.7 Å². The minimum atomic E-state index is -0.321. The molecule has 4 rings (SSSR count). The summed E-state index contributed by atoms with van der Waals surface area (Å²) in [4.78, 5) is 46.0. The summed E-state index contributed by atoms with van der Waals surface area (Å²) in [6, 6.07) is 12.4. The molecule has 0 radical (unpaired) electrons. The van der Waals surface area contributed by atoms with Crippen LogP contribution in [0, 0.1) is 0 Å². The van der Waals surface area contributed by atoms with E-state index in [1.807, 2.05) is 12.1 Å². The highest BCUT2D eigenvalue weighted by Crippen LogP contribution is 2.32. The van der Waals surface area contributed by atoms with Gasteiger partial charge in [-0.25, -0.2) is 4.98 Å². The lowest BCUT2D eigenvalue weighted by molar-refractivity contribution is -0.134. The Bertz CT molecular complexity index is 1210. The molecule has 0 atom stereocenters. The number of H-pyrrole nitrogens is 1. The number of amides is 2. The molecule has 0 spiro atoms. The number of benzene rings is 2. The minimum absolute atomic E-state index is 0.0829. The zero-order valence-electron chi connectivity index (χ0n) is 17.7. The number of para-hydroxylation sites is 2. The number of nitrogens with zero attached hydrogens (tertiary/aromatic N) is 2. The number of aromatic nitrogens is 2. The number of rotatable bonds is 7. The number of aromatic amines is 1. The van der Waals surface area contributed by atoms with Gasteiger partial charge in [0.15, 0.2) is 11.5 Å². The van der Waals surface area contributed by atoms with Crippen LogP contribution in [0.15, 0.2) is 47.3 Å². The number of carbonyl (C=O) groups is 2. The van der Waals surface area contributed by atoms with E-state index in [0.717, 1.165) is 0 Å². The summed E-state index contributed by atoms with van der Waals surface area (Å²) in [5.41, 5.74) is 1.87. The number of hydrogen-bond acceptors (Lipinski definition) is 6. The standard InChI is InChI=1S/C23H24N4O5/c1-2-27(14-21(28)24-15-7-9-19-20(13-15)32-12-11-31-19)22(29)10-8-18-23(30)26-17-6-4-3-5-16(17)25-18/h3-7,9,13H,2,8,10-12,14H2,1H3,(H,24,28)(H,26,30). The van der Waals surface area contributed by atoms with Crippen LogP contribution in [0.5, 0.6) is 11.5 Å². The summed E-state index contributed by atoms with van der Waals surface area (Å²) in [6.07, 6.45) is 0.277. The van der Waals surface area contributed by atoms with E-state index in [2.05, 4.69) is 15.3 Å². The van der Waals surface area contributed by atoms with Crippen LogP contribution in [0.2, 0.25) is 0 Å². The summed E-state index contributed by atoms with van der Waals surface area (Å²) in [5.74, 6) is 0.667. The Labute approximate surface area is 184 Å². The van der Waals surface area contributed by atoms with Crippen LogP contribution in [-0.2, 0) is 16.0 Å². The molecular weight excluding hydrogens is 412 g/mol. The normalized spacial score (nSPS) is 12.4. The molecule has 0 aliphatic carbocycles. The molecule has 0 saturated carbocycles. The third kappa shape index (κ3) is 4.88. The van der Waals surface area contributed by atoms with Gasteiger partial charge in [-0.05, 0) is 31.2 Å². The molecule has 1 aromatic heterocycles. The van der Waals surface area contributed by atoms with E-state index in [1.165, 1.54) is 4.90 Å². The van der Waals surface area contributed by atoms with Crippen LogP contribution >= 0.6 is 0 Å². The quantitative estimate of drug-likeness (QED) is 0.587. The molecule has 2 N–H and O–H groups in total. The van der Waals surface area contributed by atoms with Gasteiger partial charge in [-0.3, -0.25) is 14.4 Å². The van der Waals surface area contributed by atoms with E-state index < -0.39 is 0 Å². The Hall–Kier alpha value is -3.88. The molecule has 0 fully saturated rings. The fourth-order valence-electron chi connectivity index (χ4n) is 3.49. The van der Waals surface area contributed by atoms with Crippen molar-refractivity contribution in [3.8, 4) is 11.5 Å². The van der Waals surface area contributed by atoms with E-state index >= 15 is 0 Å². The molecule has 9 nitrogen and oxygen atoms in total. The molecule has 0 saturated heterocycles. The van der Waals surface area contributed by atoms with Crippen LogP contribution in [0.4, 0.5) is 5.69 Å². The highest BCUT2D eigenvalue weighted by Gasteiger charge is 2.18. The van der Waals surface area contributed by atoms with Crippen molar-refractivity contribution < 1.29 is 19.1 Å². The second kappa shape index (κ2) is 9.51. The van der Waals surface area contributed by atoms with E-state index in [0.29, 0.717) is 53.7 Å². The van der Waals surface area contributed by atoms with Gasteiger partial charge in [0.2, 0.25) is 11.8 Å². The maximum atomic E-state index is 12.7. The average molecular weight is 436 g/mol. The summed E-state index contributed by atoms with van der Waals surface area (Å²) in [5, 5.41) is 2.78. The molecule has 1 aliphatic heterocycles. The molecule has 166 valence electrons. The lowest BCUT2D eigenvalue weighted by Gasteiger charge is -2.21. The van der Waals surface area contributed by atoms with Gasteiger partial charge >= 0.3 is 0 Å². The number of ether oxygens (including phenoxy) is 2. The number of hydrogen-bond donors (Lipinski definition) is 2. The first-order valence-electron chi connectivity index (χ1n) is 10.5. The maximum absolute atomic E-state index is 12.7. The molecule has 3 aromatic rings. The molecular formula is C23H24N4O5. The third-order valence-corrected chi connectivity index (χ3v) is 5.14. The van der Waals surface area contributed by atoms with Crippen molar-refractivity contribution in [2.24, 2.45) is 0 Å². The monoisotopic (exact) mass is 436 g/mol. The second-order valence-corrected chi connectivity index (χ2v) is 7.34. The van der Waals surface area contributed by atoms with Gasteiger partial charge in [-0.15, -0.1) is 0 Å². The smallest absolute Gasteiger partial charge is 0.270 e. The number of fused-ring (bicyclic) bond motifs is 2. The Morgan fingerprint density at radius 3 is 2.72 bits per heavy atom. The van der Waals surface area contributed by atoms with E-state index in [9.17, 15) is 14.4 Å². The first kappa shape index (κ1) is 21.4. The van der Waals surface area contributed by atoms with E-state index in [-0.39, 0.29) is 36.8 Å². The Morgan fingerprint density at radius 1 is 1.12 bits per heavy atom. The lowest BCUT2D eigenvalue weighted by Crippen LogP contribution is -2.38. The molecule has 2 amide bonds. The Balaban J connectivity index is 1.35. The van der Waals surface area contributed by atoms with Crippen molar-refractivity contribution in [2.45, 2.75) is 19.8 Å². The fraction of sp³-hybridized carbons (Fsp3) is 0.304. The number of carbonyl (C=O) groups excluding carboxylic acids is 2. The van der Waals surface area contributed by atoms with Crippen molar-refractivity contribution in [3.63, 3.8) is 0 Å². The van der Waals surface area contributed by atoms with Gasteiger partial charge in [0.25, 0.3) is 5.56 Å². The molecule has 0 unspecified atom stereocenters. The zero-order valence-corrected chi connectivity index (χ0v) is 17.7. The Morgan fingerprint density at radius 2 is 1.91 bits per heavy atom. The van der Waals surface area contributed by atoms with Crippen LogP contribution in [0.1, 0.15) is 19.0 Å². The SMILES string of the molecule is CCN(CC(=O)Nc1ccc2c(c1)OCCO2)C(=O)CCc1nc2ccccc2[nH]c1=O. The predicted molar refractivity (Wildman–Crippen MR) is 119 cm³/mol. The van der Waals surface area contributed by atoms with Crippen LogP contribution in [0.25, 0.3) is 11.0 Å². The van der Waals surface area contributed by atoms with Crippen LogP contribution < -0.4 is 20.3 Å². The van der Waals surface area contributed by atoms with Gasteiger partial charge in [-0.2, -0.15) is 0 Å². The largest absolute Gasteiger partial charge is 0.486 e. The fourth-order valence-corrected chi connectivity index (χ4v) is 3.49. The van der Waals surface area contributed by atoms with Crippen LogP contribution in [0.3, 0.4) is 0 Å². The van der Waals surface area contributed by atoms with Crippen molar-refractivity contribution in [2.75, 3.05) is 31.6 Å². The van der Waals surface area contributed by atoms with Gasteiger partial charge in [0, 0.05) is 31.1 Å². The Kier molecular flexibility index (Phi) is 6.34. The topological polar surface area (TPSA) is 114 Å².